The molecule has 0 amide bonds. The van der Waals surface area contributed by atoms with Gasteiger partial charge in [0.1, 0.15) is 18.2 Å². The second-order valence-corrected chi connectivity index (χ2v) is 5.42. The fourth-order valence-electron chi connectivity index (χ4n) is 2.46. The van der Waals surface area contributed by atoms with Crippen LogP contribution in [0.4, 0.5) is 4.39 Å². The number of hydrogen-bond acceptors (Lipinski definition) is 4. The number of rotatable bonds is 7. The maximum atomic E-state index is 13.3. The summed E-state index contributed by atoms with van der Waals surface area (Å²) in [6.45, 7) is 3.98. The van der Waals surface area contributed by atoms with E-state index in [-0.39, 0.29) is 24.3 Å². The van der Waals surface area contributed by atoms with E-state index < -0.39 is 5.54 Å². The summed E-state index contributed by atoms with van der Waals surface area (Å²) < 4.78 is 24.2. The Bertz CT molecular complexity index is 516. The number of halogens is 1. The number of carbonyl (C=O) groups is 1. The summed E-state index contributed by atoms with van der Waals surface area (Å²) in [6.07, 6.45) is 1.96. The third-order valence-corrected chi connectivity index (χ3v) is 3.96. The van der Waals surface area contributed by atoms with Gasteiger partial charge in [-0.05, 0) is 63.4 Å². The van der Waals surface area contributed by atoms with Crippen molar-refractivity contribution in [3.05, 3.63) is 29.6 Å². The van der Waals surface area contributed by atoms with E-state index >= 15 is 0 Å². The van der Waals surface area contributed by atoms with Crippen LogP contribution in [0.1, 0.15) is 25.3 Å². The lowest BCUT2D eigenvalue weighted by Gasteiger charge is -2.31. The van der Waals surface area contributed by atoms with E-state index in [4.69, 9.17) is 9.47 Å². The highest BCUT2D eigenvalue weighted by Crippen LogP contribution is 2.40. The van der Waals surface area contributed by atoms with Crippen LogP contribution in [0.25, 0.3) is 0 Å². The van der Waals surface area contributed by atoms with Crippen LogP contribution in [-0.2, 0) is 9.53 Å². The lowest BCUT2D eigenvalue weighted by molar-refractivity contribution is -0.153. The van der Waals surface area contributed by atoms with E-state index in [1.807, 2.05) is 0 Å². The van der Waals surface area contributed by atoms with Crippen LogP contribution in [0.15, 0.2) is 18.2 Å². The SMILES string of the molecule is CCOC(=O)C(COc1ccc(F)c(C)c1)(NC)C1CC1. The van der Waals surface area contributed by atoms with E-state index in [1.54, 1.807) is 33.0 Å². The highest BCUT2D eigenvalue weighted by Gasteiger charge is 2.52. The topological polar surface area (TPSA) is 47.6 Å². The molecular formula is C16H22FNO3. The molecule has 1 N–H and O–H groups in total. The normalized spacial score (nSPS) is 17.1. The Morgan fingerprint density at radius 2 is 2.19 bits per heavy atom. The predicted molar refractivity (Wildman–Crippen MR) is 77.8 cm³/mol. The largest absolute Gasteiger partial charge is 0.491 e. The van der Waals surface area contributed by atoms with Gasteiger partial charge in [0.15, 0.2) is 5.54 Å². The molecule has 21 heavy (non-hydrogen) atoms. The van der Waals surface area contributed by atoms with Crippen LogP contribution < -0.4 is 10.1 Å². The average Bonchev–Trinajstić information content (AvgIpc) is 3.29. The molecule has 1 unspecified atom stereocenters. The first-order valence-corrected chi connectivity index (χ1v) is 7.28. The molecule has 0 spiro atoms. The van der Waals surface area contributed by atoms with E-state index in [1.165, 1.54) is 6.07 Å². The molecule has 116 valence electrons. The molecule has 1 aromatic carbocycles. The Kier molecular flexibility index (Phi) is 4.83. The summed E-state index contributed by atoms with van der Waals surface area (Å²) in [4.78, 5) is 12.3. The van der Waals surface area contributed by atoms with Crippen molar-refractivity contribution < 1.29 is 18.7 Å². The Morgan fingerprint density at radius 3 is 2.71 bits per heavy atom. The monoisotopic (exact) mass is 295 g/mol. The first-order chi connectivity index (χ1) is 10.0. The van der Waals surface area contributed by atoms with Gasteiger partial charge in [-0.25, -0.2) is 9.18 Å². The Morgan fingerprint density at radius 1 is 1.48 bits per heavy atom. The predicted octanol–water partition coefficient (Wildman–Crippen LogP) is 2.44. The number of benzene rings is 1. The Hall–Kier alpha value is -1.62. The summed E-state index contributed by atoms with van der Waals surface area (Å²) in [6, 6.07) is 4.57. The molecule has 1 aliphatic carbocycles. The fraction of sp³-hybridized carbons (Fsp3) is 0.562. The van der Waals surface area contributed by atoms with Gasteiger partial charge in [0.05, 0.1) is 6.61 Å². The standard InChI is InChI=1S/C16H22FNO3/c1-4-20-15(19)16(18-3,12-5-6-12)10-21-13-7-8-14(17)11(2)9-13/h7-9,12,18H,4-6,10H2,1-3H3. The van der Waals surface area contributed by atoms with Crippen molar-refractivity contribution in [2.24, 2.45) is 5.92 Å². The molecule has 1 atom stereocenters. The van der Waals surface area contributed by atoms with Gasteiger partial charge in [-0.15, -0.1) is 0 Å². The minimum atomic E-state index is -0.821. The van der Waals surface area contributed by atoms with Crippen molar-refractivity contribution in [3.8, 4) is 5.75 Å². The van der Waals surface area contributed by atoms with Crippen molar-refractivity contribution in [1.29, 1.82) is 0 Å². The van der Waals surface area contributed by atoms with Crippen LogP contribution >= 0.6 is 0 Å². The van der Waals surface area contributed by atoms with Gasteiger partial charge in [0.2, 0.25) is 0 Å². The van der Waals surface area contributed by atoms with E-state index in [0.717, 1.165) is 12.8 Å². The van der Waals surface area contributed by atoms with Crippen molar-refractivity contribution in [2.75, 3.05) is 20.3 Å². The number of nitrogens with one attached hydrogen (secondary N) is 1. The molecule has 1 saturated carbocycles. The lowest BCUT2D eigenvalue weighted by atomic mass is 9.94. The average molecular weight is 295 g/mol. The molecule has 1 aromatic rings. The number of ether oxygens (including phenoxy) is 2. The second kappa shape index (κ2) is 6.43. The maximum absolute atomic E-state index is 13.3. The molecule has 0 radical (unpaired) electrons. The molecule has 0 aromatic heterocycles. The van der Waals surface area contributed by atoms with Gasteiger partial charge in [-0.2, -0.15) is 0 Å². The van der Waals surface area contributed by atoms with Crippen LogP contribution in [-0.4, -0.2) is 31.8 Å². The quantitative estimate of drug-likeness (QED) is 0.785. The van der Waals surface area contributed by atoms with Crippen molar-refractivity contribution in [1.82, 2.24) is 5.32 Å². The summed E-state index contributed by atoms with van der Waals surface area (Å²) >= 11 is 0. The van der Waals surface area contributed by atoms with Gasteiger partial charge in [0, 0.05) is 0 Å². The number of carbonyl (C=O) groups excluding carboxylic acids is 1. The number of esters is 1. The van der Waals surface area contributed by atoms with Gasteiger partial charge in [0.25, 0.3) is 0 Å². The molecule has 0 aliphatic heterocycles. The summed E-state index contributed by atoms with van der Waals surface area (Å²) in [7, 11) is 1.74. The molecule has 5 heteroatoms. The smallest absolute Gasteiger partial charge is 0.330 e. The number of likely N-dealkylation sites (N-methyl/N-ethyl adjacent to an activating group) is 1. The third kappa shape index (κ3) is 3.35. The first kappa shape index (κ1) is 15.8. The van der Waals surface area contributed by atoms with Gasteiger partial charge >= 0.3 is 5.97 Å². The van der Waals surface area contributed by atoms with Gasteiger partial charge in [-0.3, -0.25) is 0 Å². The number of hydrogen-bond donors (Lipinski definition) is 1. The molecule has 0 heterocycles. The minimum Gasteiger partial charge on any atom is -0.491 e. The van der Waals surface area contributed by atoms with Crippen LogP contribution in [0.5, 0.6) is 5.75 Å². The molecule has 2 rings (SSSR count). The van der Waals surface area contributed by atoms with Crippen LogP contribution in [0.3, 0.4) is 0 Å². The molecule has 1 aliphatic rings. The van der Waals surface area contributed by atoms with E-state index in [0.29, 0.717) is 17.9 Å². The molecular weight excluding hydrogens is 273 g/mol. The number of aryl methyl sites for hydroxylation is 1. The van der Waals surface area contributed by atoms with Crippen LogP contribution in [0.2, 0.25) is 0 Å². The highest BCUT2D eigenvalue weighted by atomic mass is 19.1. The van der Waals surface area contributed by atoms with Crippen LogP contribution in [0, 0.1) is 18.7 Å². The zero-order chi connectivity index (χ0) is 15.5. The van der Waals surface area contributed by atoms with Gasteiger partial charge in [-0.1, -0.05) is 0 Å². The molecule has 1 fully saturated rings. The zero-order valence-electron chi connectivity index (χ0n) is 12.7. The Balaban J connectivity index is 2.11. The van der Waals surface area contributed by atoms with Crippen molar-refractivity contribution in [2.45, 2.75) is 32.2 Å². The van der Waals surface area contributed by atoms with E-state index in [9.17, 15) is 9.18 Å². The summed E-state index contributed by atoms with van der Waals surface area (Å²) in [5.74, 6) is 0.227. The summed E-state index contributed by atoms with van der Waals surface area (Å²) in [5, 5.41) is 3.08. The minimum absolute atomic E-state index is 0.179. The Labute approximate surface area is 124 Å². The maximum Gasteiger partial charge on any atom is 0.330 e. The van der Waals surface area contributed by atoms with E-state index in [2.05, 4.69) is 5.32 Å². The first-order valence-electron chi connectivity index (χ1n) is 7.28. The highest BCUT2D eigenvalue weighted by molar-refractivity contribution is 5.82. The zero-order valence-corrected chi connectivity index (χ0v) is 12.7. The summed E-state index contributed by atoms with van der Waals surface area (Å²) in [5.41, 5.74) is -0.303. The molecule has 4 nitrogen and oxygen atoms in total. The van der Waals surface area contributed by atoms with Crippen molar-refractivity contribution in [3.63, 3.8) is 0 Å². The van der Waals surface area contributed by atoms with Crippen molar-refractivity contribution >= 4 is 5.97 Å². The molecule has 0 saturated heterocycles. The third-order valence-electron chi connectivity index (χ3n) is 3.96. The second-order valence-electron chi connectivity index (χ2n) is 5.42. The molecule has 0 bridgehead atoms. The lowest BCUT2D eigenvalue weighted by Crippen LogP contribution is -2.57. The fourth-order valence-corrected chi connectivity index (χ4v) is 2.46. The van der Waals surface area contributed by atoms with Gasteiger partial charge < -0.3 is 14.8 Å².